The Morgan fingerprint density at radius 2 is 1.93 bits per heavy atom. The fraction of sp³-hybridized carbons (Fsp3) is 0.900. The molecule has 0 aliphatic heterocycles. The lowest BCUT2D eigenvalue weighted by Crippen LogP contribution is -2.54. The minimum absolute atomic E-state index is 0.238. The fourth-order valence-corrected chi connectivity index (χ4v) is 2.16. The average Bonchev–Trinajstić information content (AvgIpc) is 2.17. The molecule has 0 heterocycles. The number of ether oxygens (including phenoxy) is 1. The molecule has 1 saturated carbocycles. The summed E-state index contributed by atoms with van der Waals surface area (Å²) in [6, 6.07) is 0. The fourth-order valence-electron chi connectivity index (χ4n) is 2.16. The van der Waals surface area contributed by atoms with Crippen molar-refractivity contribution in [3.63, 3.8) is 0 Å². The highest BCUT2D eigenvalue weighted by Gasteiger charge is 2.43. The molecule has 0 aromatic heterocycles. The lowest BCUT2D eigenvalue weighted by atomic mass is 9.79. The number of carboxylic acids is 1. The molecule has 0 aromatic carbocycles. The van der Waals surface area contributed by atoms with Gasteiger partial charge < -0.3 is 9.84 Å². The van der Waals surface area contributed by atoms with Gasteiger partial charge in [-0.2, -0.15) is 0 Å². The van der Waals surface area contributed by atoms with Crippen LogP contribution < -0.4 is 0 Å². The van der Waals surface area contributed by atoms with Gasteiger partial charge in [-0.15, -0.1) is 0 Å². The summed E-state index contributed by atoms with van der Waals surface area (Å²) >= 11 is 0. The number of carboxylic acid groups (broad SMARTS) is 1. The summed E-state index contributed by atoms with van der Waals surface area (Å²) in [5, 5.41) is 9.24. The van der Waals surface area contributed by atoms with E-state index in [2.05, 4.69) is 0 Å². The average molecular weight is 201 g/mol. The van der Waals surface area contributed by atoms with Crippen LogP contribution in [0.4, 0.5) is 0 Å². The van der Waals surface area contributed by atoms with Gasteiger partial charge in [-0.1, -0.05) is 0 Å². The van der Waals surface area contributed by atoms with Crippen molar-refractivity contribution >= 4 is 5.97 Å². The highest BCUT2D eigenvalue weighted by atomic mass is 16.5. The lowest BCUT2D eigenvalue weighted by molar-refractivity contribution is -0.153. The highest BCUT2D eigenvalue weighted by molar-refractivity contribution is 5.78. The second kappa shape index (κ2) is 4.28. The topological polar surface area (TPSA) is 49.8 Å². The molecule has 4 heteroatoms. The molecule has 0 unspecified atom stereocenters. The Morgan fingerprint density at radius 1 is 1.43 bits per heavy atom. The van der Waals surface area contributed by atoms with Gasteiger partial charge in [0.15, 0.2) is 0 Å². The van der Waals surface area contributed by atoms with Crippen molar-refractivity contribution in [2.75, 3.05) is 21.2 Å². The Kier molecular flexibility index (Phi) is 3.50. The van der Waals surface area contributed by atoms with E-state index in [0.29, 0.717) is 12.8 Å². The maximum atomic E-state index is 11.2. The van der Waals surface area contributed by atoms with Gasteiger partial charge in [0.25, 0.3) is 0 Å². The molecule has 1 aliphatic carbocycles. The van der Waals surface area contributed by atoms with Crippen molar-refractivity contribution in [1.29, 1.82) is 0 Å². The van der Waals surface area contributed by atoms with Gasteiger partial charge in [0.1, 0.15) is 5.54 Å². The highest BCUT2D eigenvalue weighted by Crippen LogP contribution is 2.33. The van der Waals surface area contributed by atoms with Crippen LogP contribution in [0.5, 0.6) is 0 Å². The van der Waals surface area contributed by atoms with E-state index in [0.717, 1.165) is 12.8 Å². The van der Waals surface area contributed by atoms with Crippen LogP contribution in [0.3, 0.4) is 0 Å². The number of likely N-dealkylation sites (N-methyl/N-ethyl adjacent to an activating group) is 1. The Morgan fingerprint density at radius 3 is 2.21 bits per heavy atom. The quantitative estimate of drug-likeness (QED) is 0.739. The van der Waals surface area contributed by atoms with E-state index in [1.165, 1.54) is 0 Å². The first-order valence-electron chi connectivity index (χ1n) is 4.96. The van der Waals surface area contributed by atoms with E-state index in [1.54, 1.807) is 7.11 Å². The van der Waals surface area contributed by atoms with Crippen LogP contribution in [-0.4, -0.2) is 48.8 Å². The van der Waals surface area contributed by atoms with E-state index in [9.17, 15) is 9.90 Å². The second-order valence-electron chi connectivity index (χ2n) is 4.17. The van der Waals surface area contributed by atoms with Crippen molar-refractivity contribution in [2.45, 2.75) is 37.3 Å². The van der Waals surface area contributed by atoms with Crippen LogP contribution >= 0.6 is 0 Å². The standard InChI is InChI=1S/C10H19NO3/c1-11(2)10(9(12)13)6-4-8(14-3)5-7-10/h8H,4-7H2,1-3H3,(H,12,13). The van der Waals surface area contributed by atoms with Gasteiger partial charge in [0.05, 0.1) is 6.10 Å². The molecule has 0 aromatic rings. The van der Waals surface area contributed by atoms with E-state index in [1.807, 2.05) is 19.0 Å². The lowest BCUT2D eigenvalue weighted by Gasteiger charge is -2.41. The molecule has 0 radical (unpaired) electrons. The molecule has 1 N–H and O–H groups in total. The van der Waals surface area contributed by atoms with Crippen molar-refractivity contribution in [3.05, 3.63) is 0 Å². The van der Waals surface area contributed by atoms with E-state index < -0.39 is 11.5 Å². The maximum Gasteiger partial charge on any atom is 0.324 e. The van der Waals surface area contributed by atoms with Gasteiger partial charge in [0.2, 0.25) is 0 Å². The summed E-state index contributed by atoms with van der Waals surface area (Å²) in [6.07, 6.45) is 3.26. The molecular formula is C10H19NO3. The number of hydrogen-bond acceptors (Lipinski definition) is 3. The maximum absolute atomic E-state index is 11.2. The molecule has 4 nitrogen and oxygen atoms in total. The van der Waals surface area contributed by atoms with Crippen LogP contribution in [0.2, 0.25) is 0 Å². The Labute approximate surface area is 84.8 Å². The van der Waals surface area contributed by atoms with Crippen LogP contribution in [0, 0.1) is 0 Å². The Balaban J connectivity index is 2.70. The first-order valence-corrected chi connectivity index (χ1v) is 4.96. The van der Waals surface area contributed by atoms with Gasteiger partial charge >= 0.3 is 5.97 Å². The molecule has 0 bridgehead atoms. The summed E-state index contributed by atoms with van der Waals surface area (Å²) < 4.78 is 5.23. The molecule has 1 aliphatic rings. The molecule has 1 rings (SSSR count). The largest absolute Gasteiger partial charge is 0.480 e. The number of methoxy groups -OCH3 is 1. The first-order chi connectivity index (χ1) is 6.53. The van der Waals surface area contributed by atoms with E-state index >= 15 is 0 Å². The van der Waals surface area contributed by atoms with Crippen LogP contribution in [0.15, 0.2) is 0 Å². The van der Waals surface area contributed by atoms with Crippen LogP contribution in [-0.2, 0) is 9.53 Å². The third-order valence-corrected chi connectivity index (χ3v) is 3.35. The van der Waals surface area contributed by atoms with Crippen LogP contribution in [0.1, 0.15) is 25.7 Å². The molecular weight excluding hydrogens is 182 g/mol. The van der Waals surface area contributed by atoms with E-state index in [-0.39, 0.29) is 6.10 Å². The number of nitrogens with zero attached hydrogens (tertiary/aromatic N) is 1. The normalized spacial score (nSPS) is 33.3. The van der Waals surface area contributed by atoms with Crippen molar-refractivity contribution in [3.8, 4) is 0 Å². The molecule has 0 saturated heterocycles. The monoisotopic (exact) mass is 201 g/mol. The third-order valence-electron chi connectivity index (χ3n) is 3.35. The zero-order valence-corrected chi connectivity index (χ0v) is 9.12. The summed E-state index contributed by atoms with van der Waals surface area (Å²) in [5.41, 5.74) is -0.672. The van der Waals surface area contributed by atoms with E-state index in [4.69, 9.17) is 4.74 Å². The van der Waals surface area contributed by atoms with Crippen LogP contribution in [0.25, 0.3) is 0 Å². The van der Waals surface area contributed by atoms with Gasteiger partial charge in [-0.3, -0.25) is 9.69 Å². The van der Waals surface area contributed by atoms with Gasteiger partial charge in [0, 0.05) is 7.11 Å². The van der Waals surface area contributed by atoms with Gasteiger partial charge in [-0.25, -0.2) is 0 Å². The number of carbonyl (C=O) groups is 1. The summed E-state index contributed by atoms with van der Waals surface area (Å²) in [6.45, 7) is 0. The zero-order valence-electron chi connectivity index (χ0n) is 9.12. The predicted octanol–water partition coefficient (Wildman–Crippen LogP) is 0.960. The molecule has 0 spiro atoms. The third kappa shape index (κ3) is 1.91. The van der Waals surface area contributed by atoms with Crippen molar-refractivity contribution in [2.24, 2.45) is 0 Å². The SMILES string of the molecule is COC1CCC(C(=O)O)(N(C)C)CC1. The van der Waals surface area contributed by atoms with Crippen molar-refractivity contribution < 1.29 is 14.6 Å². The zero-order chi connectivity index (χ0) is 10.8. The first kappa shape index (κ1) is 11.5. The summed E-state index contributed by atoms with van der Waals surface area (Å²) in [5.74, 6) is -0.711. The molecule has 1 fully saturated rings. The summed E-state index contributed by atoms with van der Waals surface area (Å²) in [4.78, 5) is 13.1. The number of rotatable bonds is 3. The molecule has 0 atom stereocenters. The molecule has 0 amide bonds. The smallest absolute Gasteiger partial charge is 0.324 e. The van der Waals surface area contributed by atoms with Gasteiger partial charge in [-0.05, 0) is 39.8 Å². The molecule has 14 heavy (non-hydrogen) atoms. The van der Waals surface area contributed by atoms with Crippen molar-refractivity contribution in [1.82, 2.24) is 4.90 Å². The minimum atomic E-state index is -0.711. The Bertz CT molecular complexity index is 207. The number of aliphatic carboxylic acids is 1. The predicted molar refractivity (Wildman–Crippen MR) is 53.3 cm³/mol. The minimum Gasteiger partial charge on any atom is -0.480 e. The number of hydrogen-bond donors (Lipinski definition) is 1. The Hall–Kier alpha value is -0.610. The molecule has 82 valence electrons. The second-order valence-corrected chi connectivity index (χ2v) is 4.17. The summed E-state index contributed by atoms with van der Waals surface area (Å²) in [7, 11) is 5.36.